The Kier molecular flexibility index (Phi) is 2.59. The van der Waals surface area contributed by atoms with Gasteiger partial charge in [0, 0.05) is 0 Å². The van der Waals surface area contributed by atoms with Crippen molar-refractivity contribution in [2.45, 2.75) is 0 Å². The molecule has 0 heterocycles. The third kappa shape index (κ3) is 2.50. The second-order valence-electron chi connectivity index (χ2n) is 3.22. The van der Waals surface area contributed by atoms with E-state index in [1.165, 1.54) is 0 Å². The Labute approximate surface area is 88.4 Å². The van der Waals surface area contributed by atoms with Gasteiger partial charge in [0.25, 0.3) is 0 Å². The van der Waals surface area contributed by atoms with Gasteiger partial charge in [-0.2, -0.15) is 0 Å². The first-order chi connectivity index (χ1) is 7.24. The van der Waals surface area contributed by atoms with E-state index >= 15 is 0 Å². The molecule has 0 unspecified atom stereocenters. The maximum absolute atomic E-state index is 9.10. The van der Waals surface area contributed by atoms with Crippen LogP contribution in [0.15, 0.2) is 48.5 Å². The summed E-state index contributed by atoms with van der Waals surface area (Å²) in [6, 6.07) is 13.6. The molecule has 2 aromatic rings. The average molecular weight is 198 g/mol. The van der Waals surface area contributed by atoms with Crippen molar-refractivity contribution in [1.82, 2.24) is 0 Å². The fraction of sp³-hybridized carbons (Fsp3) is 0. The Hall–Kier alpha value is -1.96. The van der Waals surface area contributed by atoms with E-state index in [0.29, 0.717) is 0 Å². The van der Waals surface area contributed by atoms with Crippen LogP contribution in [-0.2, 0) is 0 Å². The van der Waals surface area contributed by atoms with E-state index < -0.39 is 0 Å². The van der Waals surface area contributed by atoms with E-state index in [1.807, 2.05) is 0 Å². The summed E-state index contributed by atoms with van der Waals surface area (Å²) in [5.41, 5.74) is 1.77. The largest absolute Gasteiger partial charge is 0.508 e. The molecule has 0 bridgehead atoms. The van der Waals surface area contributed by atoms with E-state index in [9.17, 15) is 0 Å². The predicted molar refractivity (Wildman–Crippen MR) is 57.7 cm³/mol. The van der Waals surface area contributed by atoms with Gasteiger partial charge in [-0.05, 0) is 35.4 Å². The molecule has 0 spiro atoms. The summed E-state index contributed by atoms with van der Waals surface area (Å²) in [7, 11) is 0. The molecule has 0 saturated heterocycles. The number of hydrogen-bond acceptors (Lipinski definition) is 2. The quantitative estimate of drug-likeness (QED) is 0.778. The number of phenolic OH excluding ortho intramolecular Hbond substituents is 2. The lowest BCUT2D eigenvalue weighted by atomic mass is 10.1. The minimum Gasteiger partial charge on any atom is -0.508 e. The Bertz CT molecular complexity index is 386. The molecule has 0 aromatic heterocycles. The standard InChI is InChI=1S/C13H10O2/c14-12-5-1-10(2-6-12)9-11-3-7-13(15)8-4-11/h1-8,14-15H. The van der Waals surface area contributed by atoms with E-state index in [-0.39, 0.29) is 11.5 Å². The molecule has 15 heavy (non-hydrogen) atoms. The van der Waals surface area contributed by atoms with Crippen LogP contribution in [0.25, 0.3) is 0 Å². The van der Waals surface area contributed by atoms with Crippen LogP contribution < -0.4 is 0 Å². The van der Waals surface area contributed by atoms with Gasteiger partial charge in [0.05, 0.1) is 6.42 Å². The lowest BCUT2D eigenvalue weighted by Crippen LogP contribution is -1.83. The maximum Gasteiger partial charge on any atom is 0.115 e. The fourth-order valence-electron chi connectivity index (χ4n) is 1.26. The number of aromatic hydroxyl groups is 2. The summed E-state index contributed by atoms with van der Waals surface area (Å²) in [5.74, 6) is 0.484. The van der Waals surface area contributed by atoms with Crippen LogP contribution in [0.2, 0.25) is 0 Å². The third-order valence-corrected chi connectivity index (χ3v) is 2.02. The lowest BCUT2D eigenvalue weighted by molar-refractivity contribution is 0.475. The van der Waals surface area contributed by atoms with Crippen molar-refractivity contribution >= 4 is 0 Å². The molecule has 2 aromatic carbocycles. The highest BCUT2D eigenvalue weighted by atomic mass is 16.3. The average Bonchev–Trinajstić information content (AvgIpc) is 2.25. The fourth-order valence-corrected chi connectivity index (χ4v) is 1.26. The summed E-state index contributed by atoms with van der Waals surface area (Å²) in [4.78, 5) is 0. The number of rotatable bonds is 2. The zero-order chi connectivity index (χ0) is 10.7. The SMILES string of the molecule is Oc1ccc([C]c2ccc(O)cc2)cc1. The Balaban J connectivity index is 2.15. The smallest absolute Gasteiger partial charge is 0.115 e. The second kappa shape index (κ2) is 4.05. The van der Waals surface area contributed by atoms with Crippen LogP contribution in [-0.4, -0.2) is 10.2 Å². The van der Waals surface area contributed by atoms with Crippen molar-refractivity contribution in [3.05, 3.63) is 66.1 Å². The predicted octanol–water partition coefficient (Wildman–Crippen LogP) is 2.58. The third-order valence-electron chi connectivity index (χ3n) is 2.02. The van der Waals surface area contributed by atoms with Gasteiger partial charge >= 0.3 is 0 Å². The van der Waals surface area contributed by atoms with Crippen LogP contribution in [0.4, 0.5) is 0 Å². The zero-order valence-electron chi connectivity index (χ0n) is 8.01. The highest BCUT2D eigenvalue weighted by Crippen LogP contribution is 2.17. The van der Waals surface area contributed by atoms with Gasteiger partial charge in [0.15, 0.2) is 0 Å². The van der Waals surface area contributed by atoms with Crippen LogP contribution >= 0.6 is 0 Å². The monoisotopic (exact) mass is 198 g/mol. The molecule has 0 aliphatic carbocycles. The van der Waals surface area contributed by atoms with Gasteiger partial charge < -0.3 is 10.2 Å². The van der Waals surface area contributed by atoms with Gasteiger partial charge in [-0.1, -0.05) is 24.3 Å². The Morgan fingerprint density at radius 1 is 0.600 bits per heavy atom. The molecule has 2 rings (SSSR count). The van der Waals surface area contributed by atoms with Crippen LogP contribution in [0, 0.1) is 6.42 Å². The van der Waals surface area contributed by atoms with Crippen LogP contribution in [0.3, 0.4) is 0 Å². The van der Waals surface area contributed by atoms with Gasteiger partial charge in [0.1, 0.15) is 11.5 Å². The van der Waals surface area contributed by atoms with Crippen molar-refractivity contribution in [2.75, 3.05) is 0 Å². The van der Waals surface area contributed by atoms with Crippen LogP contribution in [0.5, 0.6) is 11.5 Å². The van der Waals surface area contributed by atoms with E-state index in [2.05, 4.69) is 6.42 Å². The molecule has 2 N–H and O–H groups in total. The molecule has 2 radical (unpaired) electrons. The molecule has 0 atom stereocenters. The normalized spacial score (nSPS) is 10.1. The molecule has 2 nitrogen and oxygen atoms in total. The summed E-state index contributed by atoms with van der Waals surface area (Å²) in [6.07, 6.45) is 3.14. The topological polar surface area (TPSA) is 40.5 Å². The van der Waals surface area contributed by atoms with Crippen molar-refractivity contribution in [3.8, 4) is 11.5 Å². The molecule has 0 aliphatic heterocycles. The highest BCUT2D eigenvalue weighted by Gasteiger charge is 1.98. The second-order valence-corrected chi connectivity index (χ2v) is 3.22. The number of hydrogen-bond donors (Lipinski definition) is 2. The molecule has 0 saturated carbocycles. The van der Waals surface area contributed by atoms with Gasteiger partial charge in [-0.15, -0.1) is 0 Å². The zero-order valence-corrected chi connectivity index (χ0v) is 8.01. The molecule has 74 valence electrons. The Morgan fingerprint density at radius 2 is 0.933 bits per heavy atom. The van der Waals surface area contributed by atoms with Gasteiger partial charge in [0.2, 0.25) is 0 Å². The molecule has 0 fully saturated rings. The molecule has 2 heteroatoms. The summed E-state index contributed by atoms with van der Waals surface area (Å²) >= 11 is 0. The van der Waals surface area contributed by atoms with Gasteiger partial charge in [-0.3, -0.25) is 0 Å². The lowest BCUT2D eigenvalue weighted by Gasteiger charge is -2.01. The number of phenols is 2. The van der Waals surface area contributed by atoms with E-state index in [0.717, 1.165) is 11.1 Å². The Morgan fingerprint density at radius 3 is 1.27 bits per heavy atom. The van der Waals surface area contributed by atoms with Crippen LogP contribution in [0.1, 0.15) is 11.1 Å². The molecular formula is C13H10O2. The first kappa shape index (κ1) is 9.59. The minimum atomic E-state index is 0.242. The van der Waals surface area contributed by atoms with Crippen molar-refractivity contribution in [1.29, 1.82) is 0 Å². The van der Waals surface area contributed by atoms with E-state index in [1.54, 1.807) is 48.5 Å². The minimum absolute atomic E-state index is 0.242. The molecular weight excluding hydrogens is 188 g/mol. The maximum atomic E-state index is 9.10. The summed E-state index contributed by atoms with van der Waals surface area (Å²) < 4.78 is 0. The first-order valence-corrected chi connectivity index (χ1v) is 4.59. The van der Waals surface area contributed by atoms with Crippen molar-refractivity contribution in [3.63, 3.8) is 0 Å². The highest BCUT2D eigenvalue weighted by molar-refractivity contribution is 5.40. The van der Waals surface area contributed by atoms with Crippen molar-refractivity contribution in [2.24, 2.45) is 0 Å². The molecule has 0 aliphatic rings. The number of benzene rings is 2. The summed E-state index contributed by atoms with van der Waals surface area (Å²) in [6.45, 7) is 0. The molecule has 0 amide bonds. The summed E-state index contributed by atoms with van der Waals surface area (Å²) in [5, 5.41) is 18.2. The van der Waals surface area contributed by atoms with E-state index in [4.69, 9.17) is 10.2 Å². The van der Waals surface area contributed by atoms with Gasteiger partial charge in [-0.25, -0.2) is 0 Å². The first-order valence-electron chi connectivity index (χ1n) is 4.59. The van der Waals surface area contributed by atoms with Crippen molar-refractivity contribution < 1.29 is 10.2 Å².